The smallest absolute Gasteiger partial charge is 0.462 e. The van der Waals surface area contributed by atoms with Crippen molar-refractivity contribution in [3.8, 4) is 0 Å². The van der Waals surface area contributed by atoms with E-state index in [2.05, 4.69) is 62.5 Å². The lowest BCUT2D eigenvalue weighted by molar-refractivity contribution is -0.870. The third kappa shape index (κ3) is 37.7. The van der Waals surface area contributed by atoms with Crippen molar-refractivity contribution >= 4 is 19.8 Å². The first-order valence-electron chi connectivity index (χ1n) is 20.4. The summed E-state index contributed by atoms with van der Waals surface area (Å²) in [7, 11) is 1.43. The van der Waals surface area contributed by atoms with E-state index >= 15 is 0 Å². The van der Waals surface area contributed by atoms with Crippen LogP contribution in [0.25, 0.3) is 0 Å². The van der Waals surface area contributed by atoms with E-state index in [-0.39, 0.29) is 26.1 Å². The number of hydrogen-bond donors (Lipinski definition) is 1. The van der Waals surface area contributed by atoms with Gasteiger partial charge in [0.15, 0.2) is 6.10 Å². The number of unbranched alkanes of at least 4 members (excludes halogenated alkanes) is 14. The van der Waals surface area contributed by atoms with Crippen LogP contribution in [0.4, 0.5) is 0 Å². The van der Waals surface area contributed by atoms with Crippen molar-refractivity contribution in [1.82, 2.24) is 0 Å². The van der Waals surface area contributed by atoms with Gasteiger partial charge in [0.25, 0.3) is 0 Å². The standard InChI is InChI=1S/C42H76NO8P/c1-6-8-10-12-14-16-18-19-20-21-22-23-25-27-29-31-33-35-42(45)51-40(39-50-52(46,47)49-37-36-43(3,4)5)38-48-41(44)34-32-30-28-26-24-17-15-13-11-9-7-2/h13,15,19-20,22-23,27,29,40H,6-12,14,16-18,21,24-26,28,30-39H2,1-5H3/p+1/b15-13-,20-19-,23-22-,29-27-/t40-/m1/s1. The van der Waals surface area contributed by atoms with Gasteiger partial charge in [0.1, 0.15) is 19.8 Å². The number of likely N-dealkylation sites (N-methyl/N-ethyl adjacent to an activating group) is 1. The minimum atomic E-state index is -4.38. The summed E-state index contributed by atoms with van der Waals surface area (Å²) >= 11 is 0. The Morgan fingerprint density at radius 1 is 0.596 bits per heavy atom. The molecule has 1 N–H and O–H groups in total. The minimum absolute atomic E-state index is 0.0199. The van der Waals surface area contributed by atoms with Crippen molar-refractivity contribution in [2.24, 2.45) is 0 Å². The largest absolute Gasteiger partial charge is 0.472 e. The Balaban J connectivity index is 4.51. The predicted molar refractivity (Wildman–Crippen MR) is 215 cm³/mol. The second-order valence-corrected chi connectivity index (χ2v) is 16.1. The number of ether oxygens (including phenoxy) is 2. The Hall–Kier alpha value is -2.03. The molecule has 0 rings (SSSR count). The fourth-order valence-corrected chi connectivity index (χ4v) is 5.81. The van der Waals surface area contributed by atoms with Crippen LogP contribution in [0.1, 0.15) is 155 Å². The summed E-state index contributed by atoms with van der Waals surface area (Å²) in [5, 5.41) is 0. The Morgan fingerprint density at radius 2 is 1.08 bits per heavy atom. The molecule has 0 radical (unpaired) electrons. The molecule has 0 aliphatic heterocycles. The highest BCUT2D eigenvalue weighted by molar-refractivity contribution is 7.47. The highest BCUT2D eigenvalue weighted by Gasteiger charge is 2.27. The van der Waals surface area contributed by atoms with Crippen LogP contribution in [0.3, 0.4) is 0 Å². The lowest BCUT2D eigenvalue weighted by Gasteiger charge is -2.24. The molecule has 0 bridgehead atoms. The zero-order valence-electron chi connectivity index (χ0n) is 33.8. The number of rotatable bonds is 36. The van der Waals surface area contributed by atoms with E-state index in [1.807, 2.05) is 21.1 Å². The first-order chi connectivity index (χ1) is 25.0. The fourth-order valence-electron chi connectivity index (χ4n) is 5.07. The Bertz CT molecular complexity index is 1030. The van der Waals surface area contributed by atoms with Gasteiger partial charge in [-0.25, -0.2) is 4.57 Å². The number of carbonyl (C=O) groups excluding carboxylic acids is 2. The van der Waals surface area contributed by atoms with E-state index in [1.54, 1.807) is 0 Å². The molecule has 9 nitrogen and oxygen atoms in total. The fraction of sp³-hybridized carbons (Fsp3) is 0.762. The summed E-state index contributed by atoms with van der Waals surface area (Å²) in [6, 6.07) is 0. The molecule has 52 heavy (non-hydrogen) atoms. The van der Waals surface area contributed by atoms with Crippen molar-refractivity contribution < 1.29 is 42.1 Å². The molecule has 1 unspecified atom stereocenters. The molecular weight excluding hydrogens is 677 g/mol. The van der Waals surface area contributed by atoms with Crippen LogP contribution in [-0.2, 0) is 32.7 Å². The van der Waals surface area contributed by atoms with Gasteiger partial charge in [0.05, 0.1) is 27.7 Å². The number of esters is 2. The van der Waals surface area contributed by atoms with Gasteiger partial charge in [-0.1, -0.05) is 127 Å². The molecule has 0 fully saturated rings. The van der Waals surface area contributed by atoms with Gasteiger partial charge in [-0.05, 0) is 64.2 Å². The predicted octanol–water partition coefficient (Wildman–Crippen LogP) is 11.1. The molecule has 2 atom stereocenters. The van der Waals surface area contributed by atoms with Crippen LogP contribution in [0, 0.1) is 0 Å². The van der Waals surface area contributed by atoms with Gasteiger partial charge in [0, 0.05) is 12.8 Å². The molecule has 0 aromatic carbocycles. The van der Waals surface area contributed by atoms with Crippen LogP contribution in [0.5, 0.6) is 0 Å². The third-order valence-corrected chi connectivity index (χ3v) is 9.32. The van der Waals surface area contributed by atoms with E-state index in [1.165, 1.54) is 51.4 Å². The molecule has 302 valence electrons. The lowest BCUT2D eigenvalue weighted by atomic mass is 10.1. The topological polar surface area (TPSA) is 108 Å². The maximum Gasteiger partial charge on any atom is 0.472 e. The monoisotopic (exact) mass is 755 g/mol. The number of hydrogen-bond acceptors (Lipinski definition) is 7. The van der Waals surface area contributed by atoms with Gasteiger partial charge in [-0.15, -0.1) is 0 Å². The van der Waals surface area contributed by atoms with Gasteiger partial charge in [-0.3, -0.25) is 18.6 Å². The number of nitrogens with zero attached hydrogens (tertiary/aromatic N) is 1. The van der Waals surface area contributed by atoms with Gasteiger partial charge < -0.3 is 18.9 Å². The Morgan fingerprint density at radius 3 is 1.67 bits per heavy atom. The van der Waals surface area contributed by atoms with E-state index < -0.39 is 32.5 Å². The molecular formula is C42H77NO8P+. The van der Waals surface area contributed by atoms with E-state index in [0.29, 0.717) is 17.4 Å². The van der Waals surface area contributed by atoms with Crippen LogP contribution in [0.2, 0.25) is 0 Å². The van der Waals surface area contributed by atoms with Crippen molar-refractivity contribution in [1.29, 1.82) is 0 Å². The SMILES string of the molecule is CCCC/C=C\CCCCCCCC(=O)OC[C@H](COP(=O)(O)OCC[N+](C)(C)C)OC(=O)CCC/C=C\C/C=C\C/C=C\CCCCCCCC. The summed E-state index contributed by atoms with van der Waals surface area (Å²) < 4.78 is 34.1. The number of phosphoric acid groups is 1. The van der Waals surface area contributed by atoms with E-state index in [9.17, 15) is 19.0 Å². The Labute approximate surface area is 318 Å². The average Bonchev–Trinajstić information content (AvgIpc) is 3.09. The van der Waals surface area contributed by atoms with Gasteiger partial charge in [0.2, 0.25) is 0 Å². The van der Waals surface area contributed by atoms with Gasteiger partial charge in [-0.2, -0.15) is 0 Å². The summed E-state index contributed by atoms with van der Waals surface area (Å²) in [5.41, 5.74) is 0. The summed E-state index contributed by atoms with van der Waals surface area (Å²) in [4.78, 5) is 35.2. The Kier molecular flexibility index (Phi) is 33.4. The molecule has 0 aliphatic carbocycles. The van der Waals surface area contributed by atoms with E-state index in [0.717, 1.165) is 70.6 Å². The zero-order valence-corrected chi connectivity index (χ0v) is 34.7. The molecule has 0 aliphatic rings. The van der Waals surface area contributed by atoms with Crippen molar-refractivity contribution in [2.45, 2.75) is 161 Å². The van der Waals surface area contributed by atoms with Crippen LogP contribution >= 0.6 is 7.82 Å². The second kappa shape index (κ2) is 34.7. The third-order valence-electron chi connectivity index (χ3n) is 8.33. The number of phosphoric ester groups is 1. The van der Waals surface area contributed by atoms with Crippen molar-refractivity contribution in [3.63, 3.8) is 0 Å². The highest BCUT2D eigenvalue weighted by atomic mass is 31.2. The highest BCUT2D eigenvalue weighted by Crippen LogP contribution is 2.43. The molecule has 0 spiro atoms. The number of carbonyl (C=O) groups is 2. The van der Waals surface area contributed by atoms with Crippen molar-refractivity contribution in [2.75, 3.05) is 47.5 Å². The molecule has 0 saturated heterocycles. The van der Waals surface area contributed by atoms with Crippen LogP contribution in [0.15, 0.2) is 48.6 Å². The second-order valence-electron chi connectivity index (χ2n) is 14.7. The number of quaternary nitrogens is 1. The zero-order chi connectivity index (χ0) is 38.6. The maximum atomic E-state index is 12.6. The summed E-state index contributed by atoms with van der Waals surface area (Å²) in [6.45, 7) is 4.29. The first-order valence-corrected chi connectivity index (χ1v) is 21.9. The van der Waals surface area contributed by atoms with Gasteiger partial charge >= 0.3 is 19.8 Å². The summed E-state index contributed by atoms with van der Waals surface area (Å²) in [5.74, 6) is -0.876. The molecule has 0 aromatic heterocycles. The lowest BCUT2D eigenvalue weighted by Crippen LogP contribution is -2.37. The van der Waals surface area contributed by atoms with Crippen LogP contribution in [-0.4, -0.2) is 74.9 Å². The number of allylic oxidation sites excluding steroid dienone is 8. The maximum absolute atomic E-state index is 12.6. The van der Waals surface area contributed by atoms with Crippen LogP contribution < -0.4 is 0 Å². The molecule has 10 heteroatoms. The minimum Gasteiger partial charge on any atom is -0.462 e. The summed E-state index contributed by atoms with van der Waals surface area (Å²) in [6.07, 6.45) is 38.8. The average molecular weight is 755 g/mol. The quantitative estimate of drug-likeness (QED) is 0.0221. The first kappa shape index (κ1) is 50.0. The normalized spacial score (nSPS) is 14.2. The van der Waals surface area contributed by atoms with E-state index in [4.69, 9.17) is 18.5 Å². The molecule has 0 saturated carbocycles. The van der Waals surface area contributed by atoms with Crippen molar-refractivity contribution in [3.05, 3.63) is 48.6 Å². The molecule has 0 amide bonds. The molecule has 0 aromatic rings. The molecule has 0 heterocycles.